The Morgan fingerprint density at radius 1 is 1.00 bits per heavy atom. The molecule has 1 aliphatic carbocycles. The molecule has 0 heterocycles. The fourth-order valence-electron chi connectivity index (χ4n) is 3.48. The first-order valence-corrected chi connectivity index (χ1v) is 7.98. The van der Waals surface area contributed by atoms with E-state index in [1.165, 1.54) is 42.1 Å². The van der Waals surface area contributed by atoms with Crippen LogP contribution in [0.5, 0.6) is 0 Å². The van der Waals surface area contributed by atoms with Crippen molar-refractivity contribution in [1.29, 1.82) is 0 Å². The largest absolute Gasteiger partial charge is 0.382 e. The lowest BCUT2D eigenvalue weighted by Gasteiger charge is -2.32. The summed E-state index contributed by atoms with van der Waals surface area (Å²) in [5.41, 5.74) is 1.28. The number of benzene rings is 2. The molecule has 106 valence electrons. The molecule has 0 aliphatic heterocycles. The van der Waals surface area contributed by atoms with Gasteiger partial charge in [0.1, 0.15) is 0 Å². The van der Waals surface area contributed by atoms with Crippen molar-refractivity contribution in [2.45, 2.75) is 45.6 Å². The summed E-state index contributed by atoms with van der Waals surface area (Å²) in [7, 11) is 0. The van der Waals surface area contributed by atoms with E-state index in [4.69, 9.17) is 0 Å². The highest BCUT2D eigenvalue weighted by molar-refractivity contribution is 5.85. The average Bonchev–Trinajstić information content (AvgIpc) is 2.47. The van der Waals surface area contributed by atoms with E-state index in [1.54, 1.807) is 0 Å². The molecule has 20 heavy (non-hydrogen) atoms. The van der Waals surface area contributed by atoms with E-state index in [9.17, 15) is 0 Å². The summed E-state index contributed by atoms with van der Waals surface area (Å²) in [5, 5.41) is 6.41. The van der Waals surface area contributed by atoms with Gasteiger partial charge in [-0.05, 0) is 47.6 Å². The maximum Gasteiger partial charge on any atom is 0.0348 e. The molecule has 2 atom stereocenters. The van der Waals surface area contributed by atoms with Gasteiger partial charge in [-0.2, -0.15) is 0 Å². The van der Waals surface area contributed by atoms with Gasteiger partial charge in [-0.3, -0.25) is 0 Å². The van der Waals surface area contributed by atoms with Crippen molar-refractivity contribution in [3.63, 3.8) is 0 Å². The van der Waals surface area contributed by atoms with Gasteiger partial charge >= 0.3 is 0 Å². The Morgan fingerprint density at radius 2 is 1.80 bits per heavy atom. The summed E-state index contributed by atoms with van der Waals surface area (Å²) in [4.78, 5) is 0. The molecule has 1 fully saturated rings. The normalized spacial score (nSPS) is 23.1. The second-order valence-corrected chi connectivity index (χ2v) is 6.57. The molecule has 0 amide bonds. The molecule has 1 nitrogen and oxygen atoms in total. The summed E-state index contributed by atoms with van der Waals surface area (Å²) in [6.07, 6.45) is 5.42. The Kier molecular flexibility index (Phi) is 3.95. The van der Waals surface area contributed by atoms with Crippen LogP contribution in [0.15, 0.2) is 42.5 Å². The van der Waals surface area contributed by atoms with Crippen molar-refractivity contribution < 1.29 is 0 Å². The molecule has 0 aromatic heterocycles. The molecule has 0 spiro atoms. The summed E-state index contributed by atoms with van der Waals surface area (Å²) in [6.45, 7) is 4.73. The highest BCUT2D eigenvalue weighted by atomic mass is 14.9. The summed E-state index contributed by atoms with van der Waals surface area (Å²) in [5.74, 6) is 1.71. The highest BCUT2D eigenvalue weighted by Gasteiger charge is 2.23. The van der Waals surface area contributed by atoms with Crippen LogP contribution in [-0.2, 0) is 0 Å². The van der Waals surface area contributed by atoms with Gasteiger partial charge in [0, 0.05) is 11.7 Å². The standard InChI is InChI=1S/C19H25N/c1-14(2)16-8-5-9-18(12-16)20-19-11-10-15-6-3-4-7-17(15)13-19/h3-4,6-7,10-11,13-14,16,18,20H,5,8-9,12H2,1-2H3. The first-order chi connectivity index (χ1) is 9.72. The van der Waals surface area contributed by atoms with Crippen molar-refractivity contribution in [2.24, 2.45) is 11.8 Å². The molecule has 2 aromatic rings. The van der Waals surface area contributed by atoms with E-state index in [0.29, 0.717) is 6.04 Å². The third kappa shape index (κ3) is 2.98. The highest BCUT2D eigenvalue weighted by Crippen LogP contribution is 2.32. The van der Waals surface area contributed by atoms with Crippen LogP contribution >= 0.6 is 0 Å². The lowest BCUT2D eigenvalue weighted by Crippen LogP contribution is -2.29. The average molecular weight is 267 g/mol. The van der Waals surface area contributed by atoms with Crippen LogP contribution in [0.3, 0.4) is 0 Å². The van der Waals surface area contributed by atoms with Gasteiger partial charge in [-0.15, -0.1) is 0 Å². The number of nitrogens with one attached hydrogen (secondary N) is 1. The maximum atomic E-state index is 3.76. The van der Waals surface area contributed by atoms with Crippen molar-refractivity contribution >= 4 is 16.5 Å². The van der Waals surface area contributed by atoms with Crippen LogP contribution in [-0.4, -0.2) is 6.04 Å². The molecule has 1 heteroatoms. The van der Waals surface area contributed by atoms with Crippen molar-refractivity contribution in [3.8, 4) is 0 Å². The van der Waals surface area contributed by atoms with Gasteiger partial charge in [0.2, 0.25) is 0 Å². The minimum atomic E-state index is 0.650. The molecule has 0 radical (unpaired) electrons. The third-order valence-corrected chi connectivity index (χ3v) is 4.78. The molecule has 0 saturated heterocycles. The number of hydrogen-bond acceptors (Lipinski definition) is 1. The molecule has 2 aromatic carbocycles. The van der Waals surface area contributed by atoms with Crippen molar-refractivity contribution in [1.82, 2.24) is 0 Å². The van der Waals surface area contributed by atoms with Gasteiger partial charge in [-0.25, -0.2) is 0 Å². The summed E-state index contributed by atoms with van der Waals surface area (Å²) in [6, 6.07) is 16.0. The van der Waals surface area contributed by atoms with Gasteiger partial charge in [-0.1, -0.05) is 57.0 Å². The second kappa shape index (κ2) is 5.87. The zero-order valence-corrected chi connectivity index (χ0v) is 12.6. The van der Waals surface area contributed by atoms with E-state index in [1.807, 2.05) is 0 Å². The predicted octanol–water partition coefficient (Wildman–Crippen LogP) is 5.47. The fourth-order valence-corrected chi connectivity index (χ4v) is 3.48. The smallest absolute Gasteiger partial charge is 0.0348 e. The monoisotopic (exact) mass is 267 g/mol. The third-order valence-electron chi connectivity index (χ3n) is 4.78. The van der Waals surface area contributed by atoms with Crippen LogP contribution in [0.1, 0.15) is 39.5 Å². The van der Waals surface area contributed by atoms with Crippen molar-refractivity contribution in [2.75, 3.05) is 5.32 Å². The summed E-state index contributed by atoms with van der Waals surface area (Å²) < 4.78 is 0. The van der Waals surface area contributed by atoms with E-state index in [0.717, 1.165) is 11.8 Å². The van der Waals surface area contributed by atoms with Crippen LogP contribution in [0.4, 0.5) is 5.69 Å². The molecular weight excluding hydrogens is 242 g/mol. The molecule has 1 saturated carbocycles. The van der Waals surface area contributed by atoms with Gasteiger partial charge in [0.15, 0.2) is 0 Å². The fraction of sp³-hybridized carbons (Fsp3) is 0.474. The molecule has 2 unspecified atom stereocenters. The Morgan fingerprint density at radius 3 is 2.60 bits per heavy atom. The Balaban J connectivity index is 1.72. The molecule has 0 bridgehead atoms. The van der Waals surface area contributed by atoms with Gasteiger partial charge < -0.3 is 5.32 Å². The molecular formula is C19H25N. The Bertz CT molecular complexity index is 573. The second-order valence-electron chi connectivity index (χ2n) is 6.57. The molecule has 3 rings (SSSR count). The first kappa shape index (κ1) is 13.5. The predicted molar refractivity (Wildman–Crippen MR) is 88.2 cm³/mol. The van der Waals surface area contributed by atoms with Crippen LogP contribution in [0.2, 0.25) is 0 Å². The first-order valence-electron chi connectivity index (χ1n) is 7.98. The van der Waals surface area contributed by atoms with E-state index in [-0.39, 0.29) is 0 Å². The van der Waals surface area contributed by atoms with Gasteiger partial charge in [0.05, 0.1) is 0 Å². The van der Waals surface area contributed by atoms with Crippen molar-refractivity contribution in [3.05, 3.63) is 42.5 Å². The maximum absolute atomic E-state index is 3.76. The molecule has 1 aliphatic rings. The topological polar surface area (TPSA) is 12.0 Å². The van der Waals surface area contributed by atoms with Gasteiger partial charge in [0.25, 0.3) is 0 Å². The lowest BCUT2D eigenvalue weighted by atomic mass is 9.79. The lowest BCUT2D eigenvalue weighted by molar-refractivity contribution is 0.264. The SMILES string of the molecule is CC(C)C1CCCC(Nc2ccc3ccccc3c2)C1. The van der Waals surface area contributed by atoms with E-state index < -0.39 is 0 Å². The molecule has 1 N–H and O–H groups in total. The number of rotatable bonds is 3. The van der Waals surface area contributed by atoms with Crippen LogP contribution in [0, 0.1) is 11.8 Å². The summed E-state index contributed by atoms with van der Waals surface area (Å²) >= 11 is 0. The van der Waals surface area contributed by atoms with E-state index in [2.05, 4.69) is 61.6 Å². The minimum Gasteiger partial charge on any atom is -0.382 e. The Hall–Kier alpha value is -1.50. The Labute approximate surface area is 122 Å². The minimum absolute atomic E-state index is 0.650. The number of fused-ring (bicyclic) bond motifs is 1. The van der Waals surface area contributed by atoms with Crippen LogP contribution < -0.4 is 5.32 Å². The zero-order valence-electron chi connectivity index (χ0n) is 12.6. The van der Waals surface area contributed by atoms with E-state index >= 15 is 0 Å². The number of hydrogen-bond donors (Lipinski definition) is 1. The quantitative estimate of drug-likeness (QED) is 0.778. The number of anilines is 1. The van der Waals surface area contributed by atoms with Crippen LogP contribution in [0.25, 0.3) is 10.8 Å². The zero-order chi connectivity index (χ0) is 13.9.